The molecule has 0 aromatic carbocycles. The van der Waals surface area contributed by atoms with Gasteiger partial charge in [-0.15, -0.1) is 0 Å². The van der Waals surface area contributed by atoms with Gasteiger partial charge in [0.2, 0.25) is 0 Å². The smallest absolute Gasteiger partial charge is 0.308 e. The second kappa shape index (κ2) is 3.66. The van der Waals surface area contributed by atoms with E-state index in [2.05, 4.69) is 5.32 Å². The molecule has 1 aliphatic rings. The van der Waals surface area contributed by atoms with E-state index in [0.29, 0.717) is 12.6 Å². The Hall–Kier alpha value is -0.570. The Bertz CT molecular complexity index is 192. The molecule has 0 radical (unpaired) electrons. The van der Waals surface area contributed by atoms with Crippen LogP contribution in [0, 0.1) is 11.3 Å². The Kier molecular flexibility index (Phi) is 2.96. The lowest BCUT2D eigenvalue weighted by Gasteiger charge is -2.27. The van der Waals surface area contributed by atoms with E-state index >= 15 is 0 Å². The first-order valence-corrected chi connectivity index (χ1v) is 4.87. The summed E-state index contributed by atoms with van der Waals surface area (Å²) in [6, 6.07) is 0.587. The summed E-state index contributed by atoms with van der Waals surface area (Å²) >= 11 is 0. The number of hydrogen-bond donors (Lipinski definition) is 2. The second-order valence-corrected chi connectivity index (χ2v) is 4.94. The molecule has 0 heterocycles. The zero-order chi connectivity index (χ0) is 10.1. The van der Waals surface area contributed by atoms with E-state index < -0.39 is 5.97 Å². The summed E-state index contributed by atoms with van der Waals surface area (Å²) in [6.07, 6.45) is 2.41. The standard InChI is InChI=1S/C10H19NO2/c1-10(2,3)8(9(12)13)6-11-7-4-5-7/h7-8,11H,4-6H2,1-3H3,(H,12,13). The molecular formula is C10H19NO2. The van der Waals surface area contributed by atoms with Crippen molar-refractivity contribution < 1.29 is 9.90 Å². The van der Waals surface area contributed by atoms with Crippen molar-refractivity contribution in [1.82, 2.24) is 5.32 Å². The third-order valence-electron chi connectivity index (χ3n) is 2.53. The van der Waals surface area contributed by atoms with E-state index in [1.807, 2.05) is 20.8 Å². The fraction of sp³-hybridized carbons (Fsp3) is 0.900. The van der Waals surface area contributed by atoms with E-state index in [-0.39, 0.29) is 11.3 Å². The molecule has 0 bridgehead atoms. The van der Waals surface area contributed by atoms with Crippen LogP contribution in [0.5, 0.6) is 0 Å². The number of nitrogens with one attached hydrogen (secondary N) is 1. The van der Waals surface area contributed by atoms with E-state index in [0.717, 1.165) is 0 Å². The van der Waals surface area contributed by atoms with E-state index in [1.165, 1.54) is 12.8 Å². The molecule has 3 nitrogen and oxygen atoms in total. The molecule has 1 atom stereocenters. The first-order chi connectivity index (χ1) is 5.91. The van der Waals surface area contributed by atoms with Gasteiger partial charge in [-0.1, -0.05) is 20.8 Å². The van der Waals surface area contributed by atoms with Crippen LogP contribution in [0.1, 0.15) is 33.6 Å². The van der Waals surface area contributed by atoms with Gasteiger partial charge < -0.3 is 10.4 Å². The summed E-state index contributed by atoms with van der Waals surface area (Å²) in [4.78, 5) is 10.9. The average molecular weight is 185 g/mol. The third kappa shape index (κ3) is 3.35. The van der Waals surface area contributed by atoms with Crippen LogP contribution in [-0.2, 0) is 4.79 Å². The second-order valence-electron chi connectivity index (χ2n) is 4.94. The fourth-order valence-corrected chi connectivity index (χ4v) is 1.34. The number of carboxylic acids is 1. The minimum absolute atomic E-state index is 0.159. The monoisotopic (exact) mass is 185 g/mol. The highest BCUT2D eigenvalue weighted by atomic mass is 16.4. The molecule has 3 heteroatoms. The first-order valence-electron chi connectivity index (χ1n) is 4.87. The van der Waals surface area contributed by atoms with Gasteiger partial charge in [0.15, 0.2) is 0 Å². The molecule has 1 fully saturated rings. The predicted octanol–water partition coefficient (Wildman–Crippen LogP) is 1.49. The van der Waals surface area contributed by atoms with Crippen LogP contribution >= 0.6 is 0 Å². The molecule has 1 rings (SSSR count). The highest BCUT2D eigenvalue weighted by Crippen LogP contribution is 2.27. The molecule has 0 aromatic rings. The van der Waals surface area contributed by atoms with Crippen molar-refractivity contribution in [2.75, 3.05) is 6.54 Å². The lowest BCUT2D eigenvalue weighted by Crippen LogP contribution is -2.38. The molecule has 0 aliphatic heterocycles. The summed E-state index contributed by atoms with van der Waals surface area (Å²) in [6.45, 7) is 6.52. The van der Waals surface area contributed by atoms with Gasteiger partial charge in [-0.25, -0.2) is 0 Å². The average Bonchev–Trinajstić information content (AvgIpc) is 2.66. The topological polar surface area (TPSA) is 49.3 Å². The Morgan fingerprint density at radius 1 is 1.54 bits per heavy atom. The van der Waals surface area contributed by atoms with Gasteiger partial charge in [-0.3, -0.25) is 4.79 Å². The molecule has 0 aromatic heterocycles. The van der Waals surface area contributed by atoms with E-state index in [4.69, 9.17) is 5.11 Å². The maximum atomic E-state index is 10.9. The number of carbonyl (C=O) groups is 1. The molecule has 1 unspecified atom stereocenters. The maximum Gasteiger partial charge on any atom is 0.308 e. The van der Waals surface area contributed by atoms with Crippen LogP contribution in [-0.4, -0.2) is 23.7 Å². The van der Waals surface area contributed by atoms with Crippen LogP contribution in [0.3, 0.4) is 0 Å². The van der Waals surface area contributed by atoms with Gasteiger partial charge in [0.05, 0.1) is 5.92 Å². The molecule has 76 valence electrons. The number of rotatable bonds is 4. The Balaban J connectivity index is 2.41. The molecule has 1 aliphatic carbocycles. The van der Waals surface area contributed by atoms with Gasteiger partial charge >= 0.3 is 5.97 Å². The van der Waals surface area contributed by atoms with Gasteiger partial charge in [0.1, 0.15) is 0 Å². The molecule has 0 saturated heterocycles. The molecule has 0 spiro atoms. The fourth-order valence-electron chi connectivity index (χ4n) is 1.34. The van der Waals surface area contributed by atoms with Crippen LogP contribution < -0.4 is 5.32 Å². The SMILES string of the molecule is CC(C)(C)C(CNC1CC1)C(=O)O. The zero-order valence-electron chi connectivity index (χ0n) is 8.63. The van der Waals surface area contributed by atoms with Gasteiger partial charge in [0.25, 0.3) is 0 Å². The van der Waals surface area contributed by atoms with E-state index in [9.17, 15) is 4.79 Å². The van der Waals surface area contributed by atoms with E-state index in [1.54, 1.807) is 0 Å². The highest BCUT2D eigenvalue weighted by Gasteiger charge is 2.32. The van der Waals surface area contributed by atoms with Gasteiger partial charge in [0, 0.05) is 12.6 Å². The number of carboxylic acid groups (broad SMARTS) is 1. The van der Waals surface area contributed by atoms with Crippen LogP contribution in [0.25, 0.3) is 0 Å². The quantitative estimate of drug-likeness (QED) is 0.697. The lowest BCUT2D eigenvalue weighted by atomic mass is 9.81. The third-order valence-corrected chi connectivity index (χ3v) is 2.53. The van der Waals surface area contributed by atoms with Crippen molar-refractivity contribution in [2.45, 2.75) is 39.7 Å². The first kappa shape index (κ1) is 10.5. The number of aliphatic carboxylic acids is 1. The molecule has 13 heavy (non-hydrogen) atoms. The predicted molar refractivity (Wildman–Crippen MR) is 51.6 cm³/mol. The Morgan fingerprint density at radius 2 is 2.08 bits per heavy atom. The lowest BCUT2D eigenvalue weighted by molar-refractivity contribution is -0.145. The maximum absolute atomic E-state index is 10.9. The number of hydrogen-bond acceptors (Lipinski definition) is 2. The molecule has 2 N–H and O–H groups in total. The van der Waals surface area contributed by atoms with Crippen molar-refractivity contribution >= 4 is 5.97 Å². The molecule has 0 amide bonds. The van der Waals surface area contributed by atoms with Gasteiger partial charge in [-0.05, 0) is 18.3 Å². The minimum Gasteiger partial charge on any atom is -0.481 e. The zero-order valence-corrected chi connectivity index (χ0v) is 8.63. The highest BCUT2D eigenvalue weighted by molar-refractivity contribution is 5.71. The molecule has 1 saturated carbocycles. The van der Waals surface area contributed by atoms with Crippen molar-refractivity contribution in [3.63, 3.8) is 0 Å². The van der Waals surface area contributed by atoms with Crippen LogP contribution in [0.2, 0.25) is 0 Å². The summed E-state index contributed by atoms with van der Waals surface area (Å²) in [5, 5.41) is 12.3. The van der Waals surface area contributed by atoms with Crippen LogP contribution in [0.15, 0.2) is 0 Å². The van der Waals surface area contributed by atoms with Crippen molar-refractivity contribution in [1.29, 1.82) is 0 Å². The Morgan fingerprint density at radius 3 is 2.38 bits per heavy atom. The summed E-state index contributed by atoms with van der Waals surface area (Å²) in [5.41, 5.74) is -0.159. The van der Waals surface area contributed by atoms with Crippen molar-refractivity contribution in [3.8, 4) is 0 Å². The minimum atomic E-state index is -0.694. The summed E-state index contributed by atoms with van der Waals surface area (Å²) < 4.78 is 0. The van der Waals surface area contributed by atoms with Crippen molar-refractivity contribution in [3.05, 3.63) is 0 Å². The summed E-state index contributed by atoms with van der Waals surface area (Å²) in [5.74, 6) is -0.978. The van der Waals surface area contributed by atoms with Crippen molar-refractivity contribution in [2.24, 2.45) is 11.3 Å². The summed E-state index contributed by atoms with van der Waals surface area (Å²) in [7, 11) is 0. The Labute approximate surface area is 79.5 Å². The van der Waals surface area contributed by atoms with Crippen LogP contribution in [0.4, 0.5) is 0 Å². The molecular weight excluding hydrogens is 166 g/mol. The largest absolute Gasteiger partial charge is 0.481 e. The normalized spacial score (nSPS) is 19.9. The van der Waals surface area contributed by atoms with Gasteiger partial charge in [-0.2, -0.15) is 0 Å².